The van der Waals surface area contributed by atoms with Crippen LogP contribution in [-0.4, -0.2) is 64.4 Å². The van der Waals surface area contributed by atoms with Crippen LogP contribution >= 0.6 is 11.3 Å². The highest BCUT2D eigenvalue weighted by Gasteiger charge is 2.27. The van der Waals surface area contributed by atoms with Crippen molar-refractivity contribution in [2.75, 3.05) is 32.0 Å². The third-order valence-corrected chi connectivity index (χ3v) is 5.37. The van der Waals surface area contributed by atoms with Crippen LogP contribution in [0.2, 0.25) is 0 Å². The molecular weight excluding hydrogens is 378 g/mol. The summed E-state index contributed by atoms with van der Waals surface area (Å²) < 4.78 is 5.40. The van der Waals surface area contributed by atoms with Gasteiger partial charge < -0.3 is 14.5 Å². The number of amides is 3. The van der Waals surface area contributed by atoms with Crippen molar-refractivity contribution in [3.63, 3.8) is 0 Å². The fraction of sp³-hybridized carbons (Fsp3) is 0.789. The van der Waals surface area contributed by atoms with Crippen LogP contribution in [0.5, 0.6) is 0 Å². The van der Waals surface area contributed by atoms with Gasteiger partial charge in [-0.05, 0) is 46.0 Å². The number of carbonyl (C=O) groups excluding carboxylic acids is 2. The molecular formula is C19H33N5O3S. The number of carbonyl (C=O) groups is 2. The van der Waals surface area contributed by atoms with Crippen molar-refractivity contribution in [1.82, 2.24) is 20.0 Å². The lowest BCUT2D eigenvalue weighted by atomic mass is 9.98. The van der Waals surface area contributed by atoms with Gasteiger partial charge in [-0.25, -0.2) is 9.59 Å². The van der Waals surface area contributed by atoms with Crippen LogP contribution in [0.15, 0.2) is 0 Å². The Morgan fingerprint density at radius 2 is 2.11 bits per heavy atom. The van der Waals surface area contributed by atoms with E-state index in [1.165, 1.54) is 11.3 Å². The normalized spacial score (nSPS) is 17.3. The van der Waals surface area contributed by atoms with Crippen molar-refractivity contribution >= 4 is 28.6 Å². The van der Waals surface area contributed by atoms with E-state index in [-0.39, 0.29) is 18.0 Å². The van der Waals surface area contributed by atoms with Gasteiger partial charge in [0.2, 0.25) is 5.13 Å². The average Bonchev–Trinajstić information content (AvgIpc) is 3.06. The molecule has 0 aliphatic carbocycles. The number of urea groups is 1. The van der Waals surface area contributed by atoms with Crippen LogP contribution in [0.1, 0.15) is 58.4 Å². The molecule has 1 fully saturated rings. The van der Waals surface area contributed by atoms with Crippen LogP contribution < -0.4 is 5.32 Å². The van der Waals surface area contributed by atoms with Gasteiger partial charge in [0.1, 0.15) is 10.6 Å². The number of rotatable bonds is 6. The molecule has 9 heteroatoms. The lowest BCUT2D eigenvalue weighted by Crippen LogP contribution is -2.46. The second kappa shape index (κ2) is 10.0. The Bertz CT molecular complexity index is 658. The maximum atomic E-state index is 12.6. The molecule has 0 spiro atoms. The monoisotopic (exact) mass is 411 g/mol. The van der Waals surface area contributed by atoms with E-state index in [2.05, 4.69) is 22.4 Å². The number of likely N-dealkylation sites (tertiary alicyclic amines) is 1. The van der Waals surface area contributed by atoms with Gasteiger partial charge in [-0.2, -0.15) is 0 Å². The zero-order valence-electron chi connectivity index (χ0n) is 17.7. The summed E-state index contributed by atoms with van der Waals surface area (Å²) in [6.07, 6.45) is 4.64. The Kier molecular flexibility index (Phi) is 8.03. The molecule has 0 aromatic carbocycles. The van der Waals surface area contributed by atoms with Crippen molar-refractivity contribution in [3.05, 3.63) is 5.01 Å². The van der Waals surface area contributed by atoms with E-state index in [0.29, 0.717) is 24.8 Å². The molecule has 1 aliphatic rings. The first-order valence-electron chi connectivity index (χ1n) is 10.0. The summed E-state index contributed by atoms with van der Waals surface area (Å²) in [4.78, 5) is 28.2. The predicted octanol–water partition coefficient (Wildman–Crippen LogP) is 3.99. The van der Waals surface area contributed by atoms with Gasteiger partial charge in [-0.3, -0.25) is 5.32 Å². The number of ether oxygens (including phenoxy) is 1. The number of hydrogen-bond donors (Lipinski definition) is 1. The fourth-order valence-electron chi connectivity index (χ4n) is 3.10. The van der Waals surface area contributed by atoms with Gasteiger partial charge in [-0.15, -0.1) is 10.2 Å². The van der Waals surface area contributed by atoms with Crippen LogP contribution in [0.25, 0.3) is 0 Å². The first-order chi connectivity index (χ1) is 13.2. The maximum Gasteiger partial charge on any atom is 0.410 e. The first kappa shape index (κ1) is 22.4. The smallest absolute Gasteiger partial charge is 0.410 e. The molecule has 1 aliphatic heterocycles. The molecule has 0 saturated carbocycles. The topological polar surface area (TPSA) is 87.7 Å². The highest BCUT2D eigenvalue weighted by atomic mass is 32.1. The minimum absolute atomic E-state index is 0.150. The van der Waals surface area contributed by atoms with E-state index in [9.17, 15) is 9.59 Å². The van der Waals surface area contributed by atoms with Gasteiger partial charge in [0.05, 0.1) is 0 Å². The summed E-state index contributed by atoms with van der Waals surface area (Å²) in [5.41, 5.74) is -0.512. The minimum atomic E-state index is -0.512. The second-order valence-electron chi connectivity index (χ2n) is 8.35. The van der Waals surface area contributed by atoms with Crippen molar-refractivity contribution in [2.45, 2.75) is 65.4 Å². The lowest BCUT2D eigenvalue weighted by Gasteiger charge is -2.34. The zero-order valence-corrected chi connectivity index (χ0v) is 18.5. The van der Waals surface area contributed by atoms with E-state index < -0.39 is 5.60 Å². The molecule has 1 N–H and O–H groups in total. The molecule has 2 heterocycles. The number of aromatic nitrogens is 2. The number of hydrogen-bond acceptors (Lipinski definition) is 6. The highest BCUT2D eigenvalue weighted by molar-refractivity contribution is 7.15. The van der Waals surface area contributed by atoms with Gasteiger partial charge >= 0.3 is 12.1 Å². The SMILES string of the molecule is CCCCc1nnc(NC(=O)N2CCCC(CN(C)C(=O)OC(C)(C)C)C2)s1. The van der Waals surface area contributed by atoms with Crippen LogP contribution in [-0.2, 0) is 11.2 Å². The fourth-order valence-corrected chi connectivity index (χ4v) is 3.88. The maximum absolute atomic E-state index is 12.6. The van der Waals surface area contributed by atoms with Crippen LogP contribution in [0.4, 0.5) is 14.7 Å². The summed E-state index contributed by atoms with van der Waals surface area (Å²) in [6.45, 7) is 9.58. The summed E-state index contributed by atoms with van der Waals surface area (Å²) in [7, 11) is 1.74. The predicted molar refractivity (Wildman–Crippen MR) is 111 cm³/mol. The molecule has 158 valence electrons. The van der Waals surface area contributed by atoms with Crippen molar-refractivity contribution in [2.24, 2.45) is 5.92 Å². The molecule has 3 amide bonds. The third-order valence-electron chi connectivity index (χ3n) is 4.47. The van der Waals surface area contributed by atoms with Crippen molar-refractivity contribution < 1.29 is 14.3 Å². The van der Waals surface area contributed by atoms with E-state index in [1.807, 2.05) is 20.8 Å². The molecule has 2 rings (SSSR count). The average molecular weight is 412 g/mol. The molecule has 1 saturated heterocycles. The number of unbranched alkanes of at least 4 members (excludes halogenated alkanes) is 1. The Balaban J connectivity index is 1.84. The Morgan fingerprint density at radius 1 is 1.36 bits per heavy atom. The van der Waals surface area contributed by atoms with E-state index in [0.717, 1.165) is 37.1 Å². The molecule has 28 heavy (non-hydrogen) atoms. The largest absolute Gasteiger partial charge is 0.444 e. The summed E-state index contributed by atoms with van der Waals surface area (Å²) >= 11 is 1.44. The highest BCUT2D eigenvalue weighted by Crippen LogP contribution is 2.21. The molecule has 0 bridgehead atoms. The number of nitrogens with zero attached hydrogens (tertiary/aromatic N) is 4. The Labute approximate surface area is 171 Å². The van der Waals surface area contributed by atoms with Crippen LogP contribution in [0, 0.1) is 5.92 Å². The lowest BCUT2D eigenvalue weighted by molar-refractivity contribution is 0.0253. The molecule has 1 aromatic rings. The van der Waals surface area contributed by atoms with Gasteiger partial charge in [0.25, 0.3) is 0 Å². The number of aryl methyl sites for hydroxylation is 1. The third kappa shape index (κ3) is 7.26. The van der Waals surface area contributed by atoms with Gasteiger partial charge in [-0.1, -0.05) is 24.7 Å². The summed E-state index contributed by atoms with van der Waals surface area (Å²) in [6, 6.07) is -0.150. The van der Waals surface area contributed by atoms with Gasteiger partial charge in [0, 0.05) is 33.1 Å². The molecule has 1 unspecified atom stereocenters. The number of anilines is 1. The summed E-state index contributed by atoms with van der Waals surface area (Å²) in [5, 5.41) is 12.6. The molecule has 1 atom stereocenters. The molecule has 0 radical (unpaired) electrons. The molecule has 8 nitrogen and oxygen atoms in total. The molecule has 1 aromatic heterocycles. The van der Waals surface area contributed by atoms with Crippen molar-refractivity contribution in [1.29, 1.82) is 0 Å². The van der Waals surface area contributed by atoms with E-state index >= 15 is 0 Å². The minimum Gasteiger partial charge on any atom is -0.444 e. The Hall–Kier alpha value is -1.90. The number of piperidine rings is 1. The Morgan fingerprint density at radius 3 is 2.79 bits per heavy atom. The second-order valence-corrected chi connectivity index (χ2v) is 9.41. The van der Waals surface area contributed by atoms with Crippen LogP contribution in [0.3, 0.4) is 0 Å². The van der Waals surface area contributed by atoms with Gasteiger partial charge in [0.15, 0.2) is 0 Å². The van der Waals surface area contributed by atoms with E-state index in [1.54, 1.807) is 16.8 Å². The zero-order chi connectivity index (χ0) is 20.7. The van der Waals surface area contributed by atoms with E-state index in [4.69, 9.17) is 4.74 Å². The standard InChI is InChI=1S/C19H33N5O3S/c1-6-7-10-15-21-22-16(28-15)20-17(25)24-11-8-9-14(13-24)12-23(5)18(26)27-19(2,3)4/h14H,6-13H2,1-5H3,(H,20,22,25). The quantitative estimate of drug-likeness (QED) is 0.765. The first-order valence-corrected chi connectivity index (χ1v) is 10.8. The number of nitrogens with one attached hydrogen (secondary N) is 1. The summed E-state index contributed by atoms with van der Waals surface area (Å²) in [5.74, 6) is 0.228. The van der Waals surface area contributed by atoms with Crippen molar-refractivity contribution in [3.8, 4) is 0 Å².